The van der Waals surface area contributed by atoms with Gasteiger partial charge in [-0.05, 0) is 60.5 Å². The van der Waals surface area contributed by atoms with Gasteiger partial charge in [-0.25, -0.2) is 0 Å². The lowest BCUT2D eigenvalue weighted by Crippen LogP contribution is -2.32. The van der Waals surface area contributed by atoms with Crippen LogP contribution in [0.5, 0.6) is 5.75 Å². The summed E-state index contributed by atoms with van der Waals surface area (Å²) in [7, 11) is 3.83. The number of fused-ring (bicyclic) bond motifs is 1. The summed E-state index contributed by atoms with van der Waals surface area (Å²) in [6.45, 7) is 0.995. The molecule has 0 saturated heterocycles. The summed E-state index contributed by atoms with van der Waals surface area (Å²) in [6, 6.07) is 12.2. The second-order valence-electron chi connectivity index (χ2n) is 5.40. The van der Waals surface area contributed by atoms with Crippen LogP contribution in [0.3, 0.4) is 0 Å². The fourth-order valence-corrected chi connectivity index (χ4v) is 3.57. The zero-order valence-corrected chi connectivity index (χ0v) is 13.6. The Morgan fingerprint density at radius 1 is 1.10 bits per heavy atom. The molecule has 1 aliphatic heterocycles. The predicted molar refractivity (Wildman–Crippen MR) is 87.6 cm³/mol. The van der Waals surface area contributed by atoms with Crippen LogP contribution in [0, 0.1) is 0 Å². The van der Waals surface area contributed by atoms with E-state index in [9.17, 15) is 0 Å². The van der Waals surface area contributed by atoms with Crippen LogP contribution >= 0.6 is 23.2 Å². The third-order valence-electron chi connectivity index (χ3n) is 4.02. The number of methoxy groups -OCH3 is 1. The van der Waals surface area contributed by atoms with E-state index in [1.54, 1.807) is 13.2 Å². The summed E-state index contributed by atoms with van der Waals surface area (Å²) in [5, 5.41) is 1.35. The van der Waals surface area contributed by atoms with Crippen LogP contribution in [-0.4, -0.2) is 25.6 Å². The van der Waals surface area contributed by atoms with E-state index in [1.165, 1.54) is 11.1 Å². The van der Waals surface area contributed by atoms with Gasteiger partial charge in [-0.15, -0.1) is 0 Å². The minimum atomic E-state index is 0.177. The van der Waals surface area contributed by atoms with E-state index in [-0.39, 0.29) is 6.04 Å². The van der Waals surface area contributed by atoms with E-state index < -0.39 is 0 Å². The lowest BCUT2D eigenvalue weighted by atomic mass is 9.88. The van der Waals surface area contributed by atoms with Crippen LogP contribution in [0.2, 0.25) is 10.0 Å². The molecule has 4 heteroatoms. The SMILES string of the molecule is COc1ccc2c(c1)CCN(C)C2c1cc(Cl)cc(Cl)c1. The van der Waals surface area contributed by atoms with E-state index in [0.29, 0.717) is 10.0 Å². The maximum atomic E-state index is 6.17. The Balaban J connectivity index is 2.10. The van der Waals surface area contributed by atoms with Crippen molar-refractivity contribution in [3.05, 3.63) is 63.1 Å². The third kappa shape index (κ3) is 2.89. The Hall–Kier alpha value is -1.22. The number of rotatable bonds is 2. The van der Waals surface area contributed by atoms with Gasteiger partial charge in [0.25, 0.3) is 0 Å². The van der Waals surface area contributed by atoms with Crippen LogP contribution < -0.4 is 4.74 Å². The molecule has 2 nitrogen and oxygen atoms in total. The minimum absolute atomic E-state index is 0.177. The topological polar surface area (TPSA) is 12.5 Å². The molecule has 0 N–H and O–H groups in total. The monoisotopic (exact) mass is 321 g/mol. The molecule has 110 valence electrons. The molecule has 1 atom stereocenters. The summed E-state index contributed by atoms with van der Waals surface area (Å²) in [4.78, 5) is 2.33. The first-order valence-electron chi connectivity index (χ1n) is 6.91. The van der Waals surface area contributed by atoms with Crippen molar-refractivity contribution in [2.45, 2.75) is 12.5 Å². The lowest BCUT2D eigenvalue weighted by Gasteiger charge is -2.35. The summed E-state index contributed by atoms with van der Waals surface area (Å²) >= 11 is 12.3. The zero-order chi connectivity index (χ0) is 15.0. The van der Waals surface area contributed by atoms with E-state index in [1.807, 2.05) is 18.2 Å². The maximum Gasteiger partial charge on any atom is 0.119 e. The van der Waals surface area contributed by atoms with E-state index in [2.05, 4.69) is 24.1 Å². The van der Waals surface area contributed by atoms with Gasteiger partial charge in [-0.3, -0.25) is 4.90 Å². The van der Waals surface area contributed by atoms with Gasteiger partial charge < -0.3 is 4.74 Å². The highest BCUT2D eigenvalue weighted by Crippen LogP contribution is 2.37. The molecule has 0 aliphatic carbocycles. The molecule has 2 aromatic rings. The molecule has 1 unspecified atom stereocenters. The highest BCUT2D eigenvalue weighted by atomic mass is 35.5. The van der Waals surface area contributed by atoms with E-state index in [0.717, 1.165) is 24.3 Å². The lowest BCUT2D eigenvalue weighted by molar-refractivity contribution is 0.264. The largest absolute Gasteiger partial charge is 0.497 e. The first-order valence-corrected chi connectivity index (χ1v) is 7.67. The Morgan fingerprint density at radius 2 is 1.81 bits per heavy atom. The van der Waals surface area contributed by atoms with Crippen LogP contribution in [0.4, 0.5) is 0 Å². The normalized spacial score (nSPS) is 18.4. The zero-order valence-electron chi connectivity index (χ0n) is 12.1. The van der Waals surface area contributed by atoms with Crippen LogP contribution in [0.15, 0.2) is 36.4 Å². The van der Waals surface area contributed by atoms with E-state index >= 15 is 0 Å². The predicted octanol–water partition coefficient (Wildman–Crippen LogP) is 4.58. The van der Waals surface area contributed by atoms with Crippen molar-refractivity contribution < 1.29 is 4.74 Å². The fraction of sp³-hybridized carbons (Fsp3) is 0.294. The third-order valence-corrected chi connectivity index (χ3v) is 4.46. The molecular weight excluding hydrogens is 305 g/mol. The van der Waals surface area contributed by atoms with Gasteiger partial charge in [0.1, 0.15) is 5.75 Å². The molecule has 0 saturated carbocycles. The molecule has 0 aromatic heterocycles. The molecule has 0 spiro atoms. The Kier molecular flexibility index (Phi) is 4.12. The summed E-state index contributed by atoms with van der Waals surface area (Å²) in [5.41, 5.74) is 3.75. The van der Waals surface area contributed by atoms with Gasteiger partial charge >= 0.3 is 0 Å². The molecule has 0 amide bonds. The first-order chi connectivity index (χ1) is 10.1. The number of hydrogen-bond donors (Lipinski definition) is 0. The minimum Gasteiger partial charge on any atom is -0.497 e. The molecule has 0 bridgehead atoms. The van der Waals surface area contributed by atoms with Gasteiger partial charge in [0.2, 0.25) is 0 Å². The van der Waals surface area contributed by atoms with Crippen molar-refractivity contribution >= 4 is 23.2 Å². The van der Waals surface area contributed by atoms with Crippen molar-refractivity contribution in [2.75, 3.05) is 20.7 Å². The number of hydrogen-bond acceptors (Lipinski definition) is 2. The maximum absolute atomic E-state index is 6.17. The second-order valence-corrected chi connectivity index (χ2v) is 6.27. The highest BCUT2D eigenvalue weighted by Gasteiger charge is 2.26. The Morgan fingerprint density at radius 3 is 2.48 bits per heavy atom. The molecule has 2 aromatic carbocycles. The molecule has 1 aliphatic rings. The van der Waals surface area contributed by atoms with Crippen molar-refractivity contribution in [1.82, 2.24) is 4.90 Å². The van der Waals surface area contributed by atoms with Crippen LogP contribution in [0.1, 0.15) is 22.7 Å². The molecule has 0 radical (unpaired) electrons. The van der Waals surface area contributed by atoms with Gasteiger partial charge in [-0.2, -0.15) is 0 Å². The molecular formula is C17H17Cl2NO. The quantitative estimate of drug-likeness (QED) is 0.802. The summed E-state index contributed by atoms with van der Waals surface area (Å²) in [5.74, 6) is 0.904. The standard InChI is InChI=1S/C17H17Cl2NO/c1-20-6-5-11-9-15(21-2)3-4-16(11)17(20)12-7-13(18)10-14(19)8-12/h3-4,7-10,17H,5-6H2,1-2H3. The molecule has 3 rings (SSSR count). The number of nitrogens with zero attached hydrogens (tertiary/aromatic N) is 1. The first kappa shape index (κ1) is 14.7. The number of likely N-dealkylation sites (N-methyl/N-ethyl adjacent to an activating group) is 1. The summed E-state index contributed by atoms with van der Waals surface area (Å²) in [6.07, 6.45) is 1.02. The van der Waals surface area contributed by atoms with Crippen molar-refractivity contribution in [2.24, 2.45) is 0 Å². The van der Waals surface area contributed by atoms with Crippen molar-refractivity contribution in [3.8, 4) is 5.75 Å². The second kappa shape index (κ2) is 5.88. The fourth-order valence-electron chi connectivity index (χ4n) is 3.02. The number of benzene rings is 2. The van der Waals surface area contributed by atoms with Crippen LogP contribution in [0.25, 0.3) is 0 Å². The van der Waals surface area contributed by atoms with Crippen molar-refractivity contribution in [3.63, 3.8) is 0 Å². The van der Waals surface area contributed by atoms with E-state index in [4.69, 9.17) is 27.9 Å². The summed E-state index contributed by atoms with van der Waals surface area (Å²) < 4.78 is 5.33. The Bertz CT molecular complexity index is 652. The van der Waals surface area contributed by atoms with Crippen LogP contribution in [-0.2, 0) is 6.42 Å². The van der Waals surface area contributed by atoms with Gasteiger partial charge in [0.15, 0.2) is 0 Å². The number of halogens is 2. The molecule has 0 fully saturated rings. The van der Waals surface area contributed by atoms with Gasteiger partial charge in [-0.1, -0.05) is 29.3 Å². The van der Waals surface area contributed by atoms with Gasteiger partial charge in [0.05, 0.1) is 13.2 Å². The average Bonchev–Trinajstić information content (AvgIpc) is 2.45. The van der Waals surface area contributed by atoms with Gasteiger partial charge in [0, 0.05) is 16.6 Å². The highest BCUT2D eigenvalue weighted by molar-refractivity contribution is 6.34. The molecule has 21 heavy (non-hydrogen) atoms. The molecule has 1 heterocycles. The smallest absolute Gasteiger partial charge is 0.119 e. The van der Waals surface area contributed by atoms with Crippen molar-refractivity contribution in [1.29, 1.82) is 0 Å². The Labute approximate surface area is 135 Å². The average molecular weight is 322 g/mol. The number of ether oxygens (including phenoxy) is 1.